The molecule has 1 aliphatic rings. The Kier molecular flexibility index (Phi) is 4.80. The first-order valence-corrected chi connectivity index (χ1v) is 8.85. The summed E-state index contributed by atoms with van der Waals surface area (Å²) in [6.45, 7) is 2.52. The lowest BCUT2D eigenvalue weighted by atomic mass is 10.1. The van der Waals surface area contributed by atoms with E-state index in [0.717, 1.165) is 28.3 Å². The molecule has 2 aromatic carbocycles. The third kappa shape index (κ3) is 3.39. The van der Waals surface area contributed by atoms with Crippen LogP contribution in [0.15, 0.2) is 71.7 Å². The van der Waals surface area contributed by atoms with Crippen LogP contribution in [0.5, 0.6) is 5.75 Å². The van der Waals surface area contributed by atoms with Gasteiger partial charge in [0, 0.05) is 11.1 Å². The molecule has 0 saturated carbocycles. The van der Waals surface area contributed by atoms with Crippen LogP contribution in [-0.4, -0.2) is 25.0 Å². The second-order valence-electron chi connectivity index (χ2n) is 6.01. The molecular weight excluding hydrogens is 342 g/mol. The van der Waals surface area contributed by atoms with Gasteiger partial charge in [0.25, 0.3) is 0 Å². The van der Waals surface area contributed by atoms with Gasteiger partial charge in [-0.2, -0.15) is 0 Å². The fraction of sp³-hybridized carbons (Fsp3) is 0.190. The number of rotatable bonds is 6. The topological polar surface area (TPSA) is 59.8 Å². The quantitative estimate of drug-likeness (QED) is 0.712. The summed E-state index contributed by atoms with van der Waals surface area (Å²) < 4.78 is 17.4. The summed E-state index contributed by atoms with van der Waals surface area (Å²) in [6, 6.07) is 16.0. The number of oxazole rings is 1. The van der Waals surface area contributed by atoms with Crippen LogP contribution in [0.1, 0.15) is 12.5 Å². The van der Waals surface area contributed by atoms with Gasteiger partial charge in [-0.1, -0.05) is 30.3 Å². The Balaban J connectivity index is 1.73. The number of ether oxygens (including phenoxy) is 2. The Hall–Kier alpha value is -3.25. The first-order chi connectivity index (χ1) is 13.3. The summed E-state index contributed by atoms with van der Waals surface area (Å²) in [7, 11) is 1.86. The fourth-order valence-electron chi connectivity index (χ4n) is 3.05. The van der Waals surface area contributed by atoms with Gasteiger partial charge in [0.2, 0.25) is 6.35 Å². The normalized spacial score (nSPS) is 16.1. The molecule has 0 saturated heterocycles. The van der Waals surface area contributed by atoms with Crippen molar-refractivity contribution < 1.29 is 13.9 Å². The molecule has 1 atom stereocenters. The van der Waals surface area contributed by atoms with Crippen LogP contribution >= 0.6 is 0 Å². The first-order valence-electron chi connectivity index (χ1n) is 8.85. The minimum absolute atomic E-state index is 0.324. The van der Waals surface area contributed by atoms with Crippen molar-refractivity contribution in [2.75, 3.05) is 18.6 Å². The van der Waals surface area contributed by atoms with E-state index in [0.29, 0.717) is 12.4 Å². The second kappa shape index (κ2) is 7.55. The van der Waals surface area contributed by atoms with Gasteiger partial charge in [-0.3, -0.25) is 10.2 Å². The minimum Gasteiger partial charge on any atom is -0.492 e. The highest BCUT2D eigenvalue weighted by molar-refractivity contribution is 5.74. The van der Waals surface area contributed by atoms with E-state index >= 15 is 0 Å². The molecule has 0 radical (unpaired) electrons. The standard InChI is InChI=1S/C21H21N3O3/c1-3-25-18-11-16(19-12-23-14-26-19)9-10-17(18)24-13-20(27-21(24)22-2)15-7-5-4-6-8-15/h4-14,21-22H,3H2,1-2H3. The van der Waals surface area contributed by atoms with Crippen LogP contribution in [0.2, 0.25) is 0 Å². The minimum atomic E-state index is -0.324. The van der Waals surface area contributed by atoms with Crippen molar-refractivity contribution in [1.82, 2.24) is 10.3 Å². The molecule has 0 fully saturated rings. The van der Waals surface area contributed by atoms with Crippen molar-refractivity contribution in [1.29, 1.82) is 0 Å². The molecule has 0 aliphatic carbocycles. The van der Waals surface area contributed by atoms with Crippen molar-refractivity contribution in [3.63, 3.8) is 0 Å². The number of nitrogens with one attached hydrogen (secondary N) is 1. The summed E-state index contributed by atoms with van der Waals surface area (Å²) >= 11 is 0. The van der Waals surface area contributed by atoms with E-state index in [4.69, 9.17) is 13.9 Å². The molecule has 1 aliphatic heterocycles. The van der Waals surface area contributed by atoms with E-state index < -0.39 is 0 Å². The van der Waals surface area contributed by atoms with Crippen molar-refractivity contribution in [3.05, 3.63) is 72.9 Å². The monoisotopic (exact) mass is 363 g/mol. The number of anilines is 1. The smallest absolute Gasteiger partial charge is 0.234 e. The Labute approximate surface area is 158 Å². The van der Waals surface area contributed by atoms with Crippen LogP contribution in [-0.2, 0) is 4.74 Å². The average molecular weight is 363 g/mol. The third-order valence-electron chi connectivity index (χ3n) is 4.31. The lowest BCUT2D eigenvalue weighted by Gasteiger charge is -2.25. The highest BCUT2D eigenvalue weighted by Crippen LogP contribution is 2.38. The van der Waals surface area contributed by atoms with Gasteiger partial charge in [0.15, 0.2) is 12.2 Å². The van der Waals surface area contributed by atoms with E-state index in [1.165, 1.54) is 6.39 Å². The highest BCUT2D eigenvalue weighted by Gasteiger charge is 2.29. The van der Waals surface area contributed by atoms with Crippen molar-refractivity contribution >= 4 is 11.4 Å². The fourth-order valence-corrected chi connectivity index (χ4v) is 3.05. The third-order valence-corrected chi connectivity index (χ3v) is 4.31. The molecular formula is C21H21N3O3. The van der Waals surface area contributed by atoms with Gasteiger partial charge >= 0.3 is 0 Å². The van der Waals surface area contributed by atoms with Crippen molar-refractivity contribution in [2.45, 2.75) is 13.3 Å². The Morgan fingerprint density at radius 2 is 2.00 bits per heavy atom. The lowest BCUT2D eigenvalue weighted by Crippen LogP contribution is -2.39. The van der Waals surface area contributed by atoms with Gasteiger partial charge < -0.3 is 13.9 Å². The van der Waals surface area contributed by atoms with E-state index in [2.05, 4.69) is 10.3 Å². The Morgan fingerprint density at radius 3 is 2.70 bits per heavy atom. The predicted octanol–water partition coefficient (Wildman–Crippen LogP) is 4.08. The van der Waals surface area contributed by atoms with Gasteiger partial charge in [0.05, 0.1) is 24.7 Å². The van der Waals surface area contributed by atoms with E-state index in [1.54, 1.807) is 6.20 Å². The summed E-state index contributed by atoms with van der Waals surface area (Å²) in [5.41, 5.74) is 2.84. The largest absolute Gasteiger partial charge is 0.492 e. The number of aromatic nitrogens is 1. The van der Waals surface area contributed by atoms with Crippen molar-refractivity contribution in [2.24, 2.45) is 0 Å². The van der Waals surface area contributed by atoms with Gasteiger partial charge in [-0.15, -0.1) is 0 Å². The van der Waals surface area contributed by atoms with Crippen LogP contribution < -0.4 is 15.0 Å². The molecule has 4 rings (SSSR count). The first kappa shape index (κ1) is 17.2. The van der Waals surface area contributed by atoms with Crippen molar-refractivity contribution in [3.8, 4) is 17.1 Å². The molecule has 6 heteroatoms. The molecule has 0 spiro atoms. The number of hydrogen-bond acceptors (Lipinski definition) is 6. The molecule has 0 amide bonds. The summed E-state index contributed by atoms with van der Waals surface area (Å²) in [4.78, 5) is 6.01. The number of benzene rings is 2. The van der Waals surface area contributed by atoms with E-state index in [-0.39, 0.29) is 6.35 Å². The SMILES string of the molecule is CCOc1cc(-c2cnco2)ccc1N1C=C(c2ccccc2)OC1NC. The molecule has 0 bridgehead atoms. The van der Waals surface area contributed by atoms with Gasteiger partial charge in [0.1, 0.15) is 11.5 Å². The van der Waals surface area contributed by atoms with E-state index in [1.807, 2.05) is 73.6 Å². The summed E-state index contributed by atoms with van der Waals surface area (Å²) in [5.74, 6) is 2.25. The molecule has 1 N–H and O–H groups in total. The summed E-state index contributed by atoms with van der Waals surface area (Å²) in [5, 5.41) is 3.19. The molecule has 1 aromatic heterocycles. The van der Waals surface area contributed by atoms with Crippen LogP contribution in [0.3, 0.4) is 0 Å². The maximum Gasteiger partial charge on any atom is 0.234 e. The Bertz CT molecular complexity index is 923. The summed E-state index contributed by atoms with van der Waals surface area (Å²) in [6.07, 6.45) is 4.77. The molecule has 27 heavy (non-hydrogen) atoms. The van der Waals surface area contributed by atoms with E-state index in [9.17, 15) is 0 Å². The lowest BCUT2D eigenvalue weighted by molar-refractivity contribution is 0.164. The molecule has 6 nitrogen and oxygen atoms in total. The Morgan fingerprint density at radius 1 is 1.15 bits per heavy atom. The highest BCUT2D eigenvalue weighted by atomic mass is 16.5. The molecule has 1 unspecified atom stereocenters. The molecule has 138 valence electrons. The number of nitrogens with zero attached hydrogens (tertiary/aromatic N) is 2. The number of hydrogen-bond donors (Lipinski definition) is 1. The van der Waals surface area contributed by atoms with Crippen LogP contribution in [0.25, 0.3) is 17.1 Å². The second-order valence-corrected chi connectivity index (χ2v) is 6.01. The zero-order valence-electron chi connectivity index (χ0n) is 15.3. The van der Waals surface area contributed by atoms with Crippen LogP contribution in [0, 0.1) is 0 Å². The predicted molar refractivity (Wildman–Crippen MR) is 104 cm³/mol. The maximum atomic E-state index is 6.09. The molecule has 3 aromatic rings. The zero-order chi connectivity index (χ0) is 18.6. The average Bonchev–Trinajstić information content (AvgIpc) is 3.39. The molecule has 2 heterocycles. The maximum absolute atomic E-state index is 6.09. The van der Waals surface area contributed by atoms with Gasteiger partial charge in [-0.25, -0.2) is 4.98 Å². The zero-order valence-corrected chi connectivity index (χ0v) is 15.3. The van der Waals surface area contributed by atoms with Gasteiger partial charge in [-0.05, 0) is 32.2 Å². The van der Waals surface area contributed by atoms with Crippen LogP contribution in [0.4, 0.5) is 5.69 Å².